The molecule has 7 heteroatoms. The molecule has 0 amide bonds. The van der Waals surface area contributed by atoms with Crippen LogP contribution in [0, 0.1) is 13.8 Å². The monoisotopic (exact) mass is 404 g/mol. The van der Waals surface area contributed by atoms with Gasteiger partial charge in [0.15, 0.2) is 9.84 Å². The van der Waals surface area contributed by atoms with Crippen LogP contribution in [0.25, 0.3) is 0 Å². The Morgan fingerprint density at radius 2 is 1.96 bits per heavy atom. The minimum absolute atomic E-state index is 0.0231. The molecule has 1 fully saturated rings. The number of hydrogen-bond acceptors (Lipinski definition) is 5. The van der Waals surface area contributed by atoms with Gasteiger partial charge in [-0.1, -0.05) is 30.3 Å². The van der Waals surface area contributed by atoms with E-state index in [2.05, 4.69) is 60.6 Å². The summed E-state index contributed by atoms with van der Waals surface area (Å²) in [5, 5.41) is 8.25. The van der Waals surface area contributed by atoms with Gasteiger partial charge in [0.25, 0.3) is 0 Å². The summed E-state index contributed by atoms with van der Waals surface area (Å²) in [5.41, 5.74) is 4.59. The summed E-state index contributed by atoms with van der Waals surface area (Å²) in [5.74, 6) is 0.481. The molecule has 1 aliphatic rings. The molecule has 0 spiro atoms. The Morgan fingerprint density at radius 3 is 2.57 bits per heavy atom. The molecule has 0 bridgehead atoms. The molecule has 1 aliphatic heterocycles. The average molecular weight is 405 g/mol. The van der Waals surface area contributed by atoms with E-state index in [1.165, 1.54) is 11.1 Å². The van der Waals surface area contributed by atoms with Crippen molar-refractivity contribution in [2.24, 2.45) is 0 Å². The smallest absolute Gasteiger partial charge is 0.152 e. The molecule has 1 N–H and O–H groups in total. The van der Waals surface area contributed by atoms with E-state index in [0.717, 1.165) is 30.9 Å². The van der Waals surface area contributed by atoms with Gasteiger partial charge in [-0.2, -0.15) is 5.10 Å². The first-order valence-corrected chi connectivity index (χ1v) is 11.7. The van der Waals surface area contributed by atoms with Crippen LogP contribution in [0.4, 0.5) is 0 Å². The van der Waals surface area contributed by atoms with Crippen molar-refractivity contribution in [2.45, 2.75) is 45.3 Å². The Bertz CT molecular complexity index is 891. The normalized spacial score (nSPS) is 20.0. The maximum atomic E-state index is 11.8. The number of likely N-dealkylation sites (N-methyl/N-ethyl adjacent to an activating group) is 1. The van der Waals surface area contributed by atoms with Gasteiger partial charge in [0.05, 0.1) is 23.2 Å². The van der Waals surface area contributed by atoms with Crippen molar-refractivity contribution in [3.63, 3.8) is 0 Å². The zero-order valence-corrected chi connectivity index (χ0v) is 18.2. The molecule has 0 unspecified atom stereocenters. The summed E-state index contributed by atoms with van der Waals surface area (Å²) in [6.07, 6.45) is 1.66. The lowest BCUT2D eigenvalue weighted by atomic mass is 10.0. The van der Waals surface area contributed by atoms with E-state index in [9.17, 15) is 8.42 Å². The quantitative estimate of drug-likeness (QED) is 0.730. The Hall–Kier alpha value is -1.70. The lowest BCUT2D eigenvalue weighted by molar-refractivity contribution is 0.281. The van der Waals surface area contributed by atoms with Gasteiger partial charge in [0, 0.05) is 30.4 Å². The number of nitrogens with one attached hydrogen (secondary N) is 1. The van der Waals surface area contributed by atoms with Gasteiger partial charge in [-0.25, -0.2) is 8.42 Å². The molecule has 0 radical (unpaired) electrons. The number of sulfone groups is 1. The first-order valence-electron chi connectivity index (χ1n) is 9.93. The Labute approximate surface area is 168 Å². The third-order valence-corrected chi connectivity index (χ3v) is 7.51. The number of rotatable bonds is 8. The maximum Gasteiger partial charge on any atom is 0.152 e. The maximum absolute atomic E-state index is 11.8. The molecular weight excluding hydrogens is 372 g/mol. The SMILES string of the molecule is Cc1nn([C@@H]2CCS(=O)(=O)C2)c(C)c1CNC[C@H](Cc1ccccc1)N(C)C. The second kappa shape index (κ2) is 8.76. The fourth-order valence-electron chi connectivity index (χ4n) is 3.96. The molecule has 2 atom stereocenters. The third-order valence-electron chi connectivity index (χ3n) is 5.76. The van der Waals surface area contributed by atoms with Crippen molar-refractivity contribution in [1.29, 1.82) is 0 Å². The van der Waals surface area contributed by atoms with E-state index in [1.807, 2.05) is 17.7 Å². The number of benzene rings is 1. The van der Waals surface area contributed by atoms with E-state index in [1.54, 1.807) is 0 Å². The van der Waals surface area contributed by atoms with Crippen LogP contribution in [0.3, 0.4) is 0 Å². The molecule has 1 aromatic carbocycles. The molecule has 2 heterocycles. The predicted molar refractivity (Wildman–Crippen MR) is 113 cm³/mol. The fourth-order valence-corrected chi connectivity index (χ4v) is 5.66. The largest absolute Gasteiger partial charge is 0.311 e. The second-order valence-electron chi connectivity index (χ2n) is 8.09. The van der Waals surface area contributed by atoms with Crippen LogP contribution >= 0.6 is 0 Å². The highest BCUT2D eigenvalue weighted by molar-refractivity contribution is 7.91. The van der Waals surface area contributed by atoms with Crippen LogP contribution in [0.15, 0.2) is 30.3 Å². The van der Waals surface area contributed by atoms with Crippen molar-refractivity contribution < 1.29 is 8.42 Å². The van der Waals surface area contributed by atoms with E-state index in [0.29, 0.717) is 12.5 Å². The van der Waals surface area contributed by atoms with Crippen LogP contribution < -0.4 is 5.32 Å². The molecule has 1 saturated heterocycles. The first kappa shape index (κ1) is 21.0. The number of nitrogens with zero attached hydrogens (tertiary/aromatic N) is 3. The lowest BCUT2D eigenvalue weighted by Gasteiger charge is -2.25. The summed E-state index contributed by atoms with van der Waals surface area (Å²) in [6.45, 7) is 5.69. The highest BCUT2D eigenvalue weighted by Gasteiger charge is 2.31. The van der Waals surface area contributed by atoms with Crippen molar-refractivity contribution in [2.75, 3.05) is 32.1 Å². The van der Waals surface area contributed by atoms with Crippen LogP contribution in [-0.4, -0.2) is 61.3 Å². The van der Waals surface area contributed by atoms with E-state index in [-0.39, 0.29) is 17.5 Å². The van der Waals surface area contributed by atoms with E-state index < -0.39 is 9.84 Å². The standard InChI is InChI=1S/C21H32N4O2S/c1-16-21(17(2)25(23-16)19-10-11-28(26,27)15-19)14-22-13-20(24(3)4)12-18-8-6-5-7-9-18/h5-9,19-20,22H,10-15H2,1-4H3/t19-,20+/m1/s1. The average Bonchev–Trinajstić information content (AvgIpc) is 3.14. The Balaban J connectivity index is 1.62. The fraction of sp³-hybridized carbons (Fsp3) is 0.571. The summed E-state index contributed by atoms with van der Waals surface area (Å²) in [6, 6.07) is 10.9. The van der Waals surface area contributed by atoms with E-state index in [4.69, 9.17) is 0 Å². The summed E-state index contributed by atoms with van der Waals surface area (Å²) in [4.78, 5) is 2.26. The van der Waals surface area contributed by atoms with Crippen LogP contribution in [0.1, 0.15) is 35.0 Å². The lowest BCUT2D eigenvalue weighted by Crippen LogP contribution is -2.39. The van der Waals surface area contributed by atoms with Crippen molar-refractivity contribution in [3.8, 4) is 0 Å². The molecule has 28 heavy (non-hydrogen) atoms. The third kappa shape index (κ3) is 5.01. The van der Waals surface area contributed by atoms with Crippen molar-refractivity contribution in [3.05, 3.63) is 52.8 Å². The van der Waals surface area contributed by atoms with Gasteiger partial charge in [-0.3, -0.25) is 4.68 Å². The highest BCUT2D eigenvalue weighted by Crippen LogP contribution is 2.26. The van der Waals surface area contributed by atoms with Gasteiger partial charge >= 0.3 is 0 Å². The van der Waals surface area contributed by atoms with E-state index >= 15 is 0 Å². The zero-order valence-electron chi connectivity index (χ0n) is 17.4. The Kier molecular flexibility index (Phi) is 6.58. The van der Waals surface area contributed by atoms with Crippen molar-refractivity contribution in [1.82, 2.24) is 20.0 Å². The van der Waals surface area contributed by atoms with Crippen LogP contribution in [-0.2, 0) is 22.8 Å². The molecule has 0 saturated carbocycles. The van der Waals surface area contributed by atoms with Gasteiger partial charge in [0.2, 0.25) is 0 Å². The molecule has 1 aromatic heterocycles. The molecule has 0 aliphatic carbocycles. The van der Waals surface area contributed by atoms with Gasteiger partial charge < -0.3 is 10.2 Å². The number of aromatic nitrogens is 2. The molecular formula is C21H32N4O2S. The second-order valence-corrected chi connectivity index (χ2v) is 10.3. The zero-order chi connectivity index (χ0) is 20.3. The summed E-state index contributed by atoms with van der Waals surface area (Å²) < 4.78 is 25.6. The molecule has 6 nitrogen and oxygen atoms in total. The van der Waals surface area contributed by atoms with Crippen molar-refractivity contribution >= 4 is 9.84 Å². The van der Waals surface area contributed by atoms with Crippen LogP contribution in [0.2, 0.25) is 0 Å². The molecule has 154 valence electrons. The van der Waals surface area contributed by atoms with Gasteiger partial charge in [0.1, 0.15) is 0 Å². The minimum Gasteiger partial charge on any atom is -0.311 e. The van der Waals surface area contributed by atoms with Crippen LogP contribution in [0.5, 0.6) is 0 Å². The molecule has 2 aromatic rings. The number of hydrogen-bond donors (Lipinski definition) is 1. The van der Waals surface area contributed by atoms with Gasteiger partial charge in [-0.05, 0) is 46.3 Å². The predicted octanol–water partition coefficient (Wildman–Crippen LogP) is 2.12. The number of aryl methyl sites for hydroxylation is 1. The minimum atomic E-state index is -2.91. The van der Waals surface area contributed by atoms with Gasteiger partial charge in [-0.15, -0.1) is 0 Å². The topological polar surface area (TPSA) is 67.2 Å². The Morgan fingerprint density at radius 1 is 1.25 bits per heavy atom. The summed E-state index contributed by atoms with van der Waals surface area (Å²) in [7, 11) is 1.32. The first-order chi connectivity index (χ1) is 13.3. The summed E-state index contributed by atoms with van der Waals surface area (Å²) >= 11 is 0. The highest BCUT2D eigenvalue weighted by atomic mass is 32.2. The molecule has 3 rings (SSSR count).